The first-order chi connectivity index (χ1) is 23.8. The second-order valence-corrected chi connectivity index (χ2v) is 12.1. The molecule has 9 rings (SSSR count). The molecule has 0 saturated heterocycles. The second-order valence-electron chi connectivity index (χ2n) is 12.1. The van der Waals surface area contributed by atoms with E-state index in [9.17, 15) is 0 Å². The van der Waals surface area contributed by atoms with Crippen LogP contribution >= 0.6 is 0 Å². The third-order valence-corrected chi connectivity index (χ3v) is 9.13. The fourth-order valence-electron chi connectivity index (χ4n) is 6.97. The quantitative estimate of drug-likeness (QED) is 0.176. The van der Waals surface area contributed by atoms with Crippen LogP contribution in [0.4, 0.5) is 0 Å². The molecule has 0 aliphatic carbocycles. The van der Waals surface area contributed by atoms with Crippen molar-refractivity contribution in [3.05, 3.63) is 236 Å². The number of rotatable bonds is 4. The van der Waals surface area contributed by atoms with Gasteiger partial charge < -0.3 is 20.6 Å². The van der Waals surface area contributed by atoms with E-state index < -0.39 is 0 Å². The molecule has 5 heteroatoms. The molecule has 1 radical (unpaired) electrons. The summed E-state index contributed by atoms with van der Waals surface area (Å²) < 4.78 is 0. The van der Waals surface area contributed by atoms with Crippen molar-refractivity contribution in [2.24, 2.45) is 0 Å². The minimum atomic E-state index is 0. The Morgan fingerprint density at radius 2 is 0.694 bits per heavy atom. The summed E-state index contributed by atoms with van der Waals surface area (Å²) in [4.78, 5) is 10.7. The van der Waals surface area contributed by atoms with Crippen LogP contribution in [-0.2, 0) is 17.1 Å². The number of hydrogen-bond acceptors (Lipinski definition) is 0. The summed E-state index contributed by atoms with van der Waals surface area (Å²) in [6.45, 7) is 0. The van der Waals surface area contributed by atoms with Gasteiger partial charge in [0.2, 0.25) is 0 Å². The summed E-state index contributed by atoms with van der Waals surface area (Å²) in [5, 5.41) is 12.5. The zero-order chi connectivity index (χ0) is 31.9. The molecule has 4 aromatic carbocycles. The van der Waals surface area contributed by atoms with Gasteiger partial charge in [0.05, 0.1) is 0 Å². The van der Waals surface area contributed by atoms with Crippen molar-refractivity contribution in [3.63, 3.8) is 0 Å². The van der Waals surface area contributed by atoms with Gasteiger partial charge in [0.25, 0.3) is 0 Å². The molecular formula is C44H30CuN4-4. The van der Waals surface area contributed by atoms with Gasteiger partial charge >= 0.3 is 0 Å². The number of hydrogen-bond donors (Lipinski definition) is 0. The van der Waals surface area contributed by atoms with E-state index in [-0.39, 0.29) is 17.1 Å². The first-order valence-corrected chi connectivity index (χ1v) is 16.4. The fourth-order valence-corrected chi connectivity index (χ4v) is 6.97. The molecule has 241 valence electrons. The molecule has 0 N–H and O–H groups in total. The van der Waals surface area contributed by atoms with Gasteiger partial charge in [-0.3, -0.25) is 0 Å². The molecule has 0 fully saturated rings. The molecule has 3 aliphatic heterocycles. The zero-order valence-electron chi connectivity index (χ0n) is 26.5. The average molecular weight is 678 g/mol. The maximum Gasteiger partial charge on any atom is 0 e. The van der Waals surface area contributed by atoms with Gasteiger partial charge in [-0.05, 0) is 46.2 Å². The van der Waals surface area contributed by atoms with Crippen LogP contribution in [-0.4, -0.2) is 0 Å². The van der Waals surface area contributed by atoms with Gasteiger partial charge in [-0.1, -0.05) is 169 Å². The third kappa shape index (κ3) is 5.63. The summed E-state index contributed by atoms with van der Waals surface area (Å²) in [7, 11) is 0. The van der Waals surface area contributed by atoms with E-state index in [0.717, 1.165) is 89.4 Å². The Kier molecular flexibility index (Phi) is 8.14. The van der Waals surface area contributed by atoms with Gasteiger partial charge in [0, 0.05) is 17.1 Å². The van der Waals surface area contributed by atoms with E-state index in [1.54, 1.807) is 0 Å². The normalized spacial score (nSPS) is 15.3. The number of aromatic nitrogens is 2. The Bertz CT molecular complexity index is 2240. The van der Waals surface area contributed by atoms with Gasteiger partial charge in [0.15, 0.2) is 0 Å². The maximum atomic E-state index is 5.37. The van der Waals surface area contributed by atoms with Crippen LogP contribution < -0.4 is 20.7 Å². The molecule has 49 heavy (non-hydrogen) atoms. The number of fused-ring (bicyclic) bond motifs is 8. The van der Waals surface area contributed by atoms with Crippen LogP contribution in [0.25, 0.3) is 32.9 Å². The smallest absolute Gasteiger partial charge is 0 e. The molecular weight excluding hydrogens is 648 g/mol. The Morgan fingerprint density at radius 3 is 1.06 bits per heavy atom. The number of benzene rings is 4. The van der Waals surface area contributed by atoms with Crippen LogP contribution in [0.3, 0.4) is 0 Å². The molecule has 0 unspecified atom stereocenters. The summed E-state index contributed by atoms with van der Waals surface area (Å²) in [5.41, 5.74) is 14.1. The van der Waals surface area contributed by atoms with E-state index in [0.29, 0.717) is 12.8 Å². The summed E-state index contributed by atoms with van der Waals surface area (Å²) >= 11 is 0. The molecule has 8 bridgehead atoms. The van der Waals surface area contributed by atoms with Crippen LogP contribution in [0.1, 0.15) is 46.5 Å². The monoisotopic (exact) mass is 677 g/mol. The molecule has 6 aromatic rings. The van der Waals surface area contributed by atoms with Gasteiger partial charge in [-0.2, -0.15) is 0 Å². The average Bonchev–Trinajstić information content (AvgIpc) is 3.98. The van der Waals surface area contributed by atoms with Crippen molar-refractivity contribution in [2.45, 2.75) is 12.8 Å². The van der Waals surface area contributed by atoms with Crippen molar-refractivity contribution in [2.75, 3.05) is 0 Å². The summed E-state index contributed by atoms with van der Waals surface area (Å²) in [5.74, 6) is 0. The van der Waals surface area contributed by atoms with Crippen LogP contribution in [0.15, 0.2) is 181 Å². The first-order valence-electron chi connectivity index (χ1n) is 16.4. The van der Waals surface area contributed by atoms with Crippen LogP contribution in [0, 0.1) is 0 Å². The zero-order valence-corrected chi connectivity index (χ0v) is 27.5. The van der Waals surface area contributed by atoms with Gasteiger partial charge in [0.1, 0.15) is 0 Å². The first kappa shape index (κ1) is 30.6. The van der Waals surface area contributed by atoms with E-state index in [4.69, 9.17) is 20.6 Å². The molecule has 0 amide bonds. The number of nitrogens with zero attached hydrogens (tertiary/aromatic N) is 4. The molecule has 4 nitrogen and oxygen atoms in total. The largest absolute Gasteiger partial charge is 0.660 e. The molecule has 2 aromatic heterocycles. The van der Waals surface area contributed by atoms with Crippen molar-refractivity contribution >= 4 is 22.3 Å². The summed E-state index contributed by atoms with van der Waals surface area (Å²) in [6, 6.07) is 50.5. The maximum absolute atomic E-state index is 5.37. The van der Waals surface area contributed by atoms with E-state index in [1.165, 1.54) is 0 Å². The Morgan fingerprint density at radius 1 is 0.347 bits per heavy atom. The second kappa shape index (κ2) is 13.0. The van der Waals surface area contributed by atoms with E-state index in [1.807, 2.05) is 24.3 Å². The minimum absolute atomic E-state index is 0. The number of allylic oxidation sites excluding steroid dienone is 4. The Balaban J connectivity index is 0.00000348. The van der Waals surface area contributed by atoms with Gasteiger partial charge in [-0.25, -0.2) is 0 Å². The third-order valence-electron chi connectivity index (χ3n) is 9.13. The molecule has 3 aliphatic rings. The predicted octanol–water partition coefficient (Wildman–Crippen LogP) is 8.55. The van der Waals surface area contributed by atoms with E-state index in [2.05, 4.69) is 133 Å². The van der Waals surface area contributed by atoms with Crippen molar-refractivity contribution in [1.82, 2.24) is 9.97 Å². The standard InChI is InChI=1S/C44H30N4.Cu/c1-5-13-29(14-6-1)41-33-21-23-35(45-33)42(30-15-7-2-8-16-30)37-25-27-39(47-37)44(32-19-11-4-12-20-32)40-28-26-38(48-40)43(31-17-9-3-10-18-31)36-24-22-34(41)46-36;/h1-23,25-26,28H,24,27H2;/q-4;. The molecule has 5 heterocycles. The molecule has 0 spiro atoms. The Hall–Kier alpha value is -5.74. The summed E-state index contributed by atoms with van der Waals surface area (Å²) in [6.07, 6.45) is 5.86. The predicted molar refractivity (Wildman–Crippen MR) is 194 cm³/mol. The SMILES string of the molecule is C1=C2[N-]C(=C(c3ccccc3)c3ccc([n-]3)C(c3ccccc3)=C3CC=C([N-]3)C(c3ccccc3)=c3ccc([n-]3)=C2c2ccccc2)C1.[Cu]. The van der Waals surface area contributed by atoms with Crippen molar-refractivity contribution < 1.29 is 17.1 Å². The van der Waals surface area contributed by atoms with Crippen molar-refractivity contribution in [3.8, 4) is 0 Å². The minimum Gasteiger partial charge on any atom is -0.660 e. The van der Waals surface area contributed by atoms with E-state index >= 15 is 0 Å². The van der Waals surface area contributed by atoms with Gasteiger partial charge in [-0.15, -0.1) is 44.9 Å². The van der Waals surface area contributed by atoms with Crippen LogP contribution in [0.5, 0.6) is 0 Å². The Labute approximate surface area is 296 Å². The van der Waals surface area contributed by atoms with Crippen LogP contribution in [0.2, 0.25) is 0 Å². The van der Waals surface area contributed by atoms with Crippen molar-refractivity contribution in [1.29, 1.82) is 0 Å². The topological polar surface area (TPSA) is 56.4 Å². The molecule has 0 atom stereocenters. The molecule has 0 saturated carbocycles. The fraction of sp³-hybridized carbons (Fsp3) is 0.0455.